The molecule has 1 heterocycles. The minimum atomic E-state index is 0.460. The van der Waals surface area contributed by atoms with Gasteiger partial charge in [0.25, 0.3) is 0 Å². The number of halogens is 2. The van der Waals surface area contributed by atoms with Gasteiger partial charge in [-0.05, 0) is 46.3 Å². The number of nitrogen functional groups attached to an aromatic ring is 1. The zero-order valence-corrected chi connectivity index (χ0v) is 10.6. The highest BCUT2D eigenvalue weighted by molar-refractivity contribution is 9.10. The molecule has 5 heteroatoms. The van der Waals surface area contributed by atoms with E-state index in [0.29, 0.717) is 10.8 Å². The number of nitrogens with one attached hydrogen (secondary N) is 1. The number of pyridine rings is 1. The van der Waals surface area contributed by atoms with Crippen LogP contribution in [0, 0.1) is 0 Å². The van der Waals surface area contributed by atoms with Crippen LogP contribution in [0.2, 0.25) is 5.02 Å². The number of benzene rings is 1. The summed E-state index contributed by atoms with van der Waals surface area (Å²) in [5.41, 5.74) is 7.35. The molecule has 16 heavy (non-hydrogen) atoms. The summed E-state index contributed by atoms with van der Waals surface area (Å²) in [7, 11) is 0. The predicted molar refractivity (Wildman–Crippen MR) is 71.1 cm³/mol. The van der Waals surface area contributed by atoms with Crippen LogP contribution in [0.25, 0.3) is 0 Å². The van der Waals surface area contributed by atoms with E-state index in [1.165, 1.54) is 0 Å². The normalized spacial score (nSPS) is 10.1. The summed E-state index contributed by atoms with van der Waals surface area (Å²) in [6.07, 6.45) is 1.65. The molecule has 0 unspecified atom stereocenters. The second-order valence-electron chi connectivity index (χ2n) is 3.19. The van der Waals surface area contributed by atoms with Crippen molar-refractivity contribution in [1.82, 2.24) is 4.98 Å². The Balaban J connectivity index is 2.28. The van der Waals surface area contributed by atoms with Gasteiger partial charge in [0.2, 0.25) is 0 Å². The van der Waals surface area contributed by atoms with Gasteiger partial charge in [0.05, 0.1) is 10.7 Å². The van der Waals surface area contributed by atoms with E-state index in [1.54, 1.807) is 6.20 Å². The van der Waals surface area contributed by atoms with Crippen molar-refractivity contribution in [3.05, 3.63) is 46.0 Å². The first kappa shape index (κ1) is 11.2. The summed E-state index contributed by atoms with van der Waals surface area (Å²) in [5.74, 6) is 0.460. The number of hydrogen-bond donors (Lipinski definition) is 2. The first-order valence-corrected chi connectivity index (χ1v) is 5.76. The van der Waals surface area contributed by atoms with E-state index in [0.717, 1.165) is 15.8 Å². The van der Waals surface area contributed by atoms with Crippen LogP contribution >= 0.6 is 27.5 Å². The molecule has 2 rings (SSSR count). The van der Waals surface area contributed by atoms with Gasteiger partial charge >= 0.3 is 0 Å². The number of rotatable bonds is 2. The Morgan fingerprint density at radius 2 is 2.12 bits per heavy atom. The fourth-order valence-electron chi connectivity index (χ4n) is 1.25. The number of nitrogens with zero attached hydrogens (tertiary/aromatic N) is 1. The molecule has 0 aliphatic rings. The lowest BCUT2D eigenvalue weighted by molar-refractivity contribution is 1.33. The lowest BCUT2D eigenvalue weighted by Crippen LogP contribution is -1.97. The molecule has 1 aromatic carbocycles. The lowest BCUT2D eigenvalue weighted by atomic mass is 10.3. The van der Waals surface area contributed by atoms with Gasteiger partial charge in [-0.25, -0.2) is 4.98 Å². The minimum absolute atomic E-state index is 0.460. The van der Waals surface area contributed by atoms with E-state index in [2.05, 4.69) is 26.2 Å². The molecular weight excluding hydrogens is 289 g/mol. The Kier molecular flexibility index (Phi) is 3.31. The molecule has 0 aliphatic carbocycles. The van der Waals surface area contributed by atoms with Crippen LogP contribution in [0.4, 0.5) is 17.2 Å². The lowest BCUT2D eigenvalue weighted by Gasteiger charge is -2.08. The molecule has 0 atom stereocenters. The van der Waals surface area contributed by atoms with Crippen LogP contribution in [0.15, 0.2) is 41.0 Å². The Hall–Kier alpha value is -1.26. The van der Waals surface area contributed by atoms with Crippen LogP contribution in [0.1, 0.15) is 0 Å². The molecule has 0 bridgehead atoms. The van der Waals surface area contributed by atoms with Crippen molar-refractivity contribution in [2.24, 2.45) is 0 Å². The third-order valence-corrected chi connectivity index (χ3v) is 3.27. The van der Waals surface area contributed by atoms with Crippen LogP contribution in [-0.2, 0) is 0 Å². The van der Waals surface area contributed by atoms with E-state index in [1.807, 2.05) is 30.3 Å². The van der Waals surface area contributed by atoms with Crippen LogP contribution in [0.3, 0.4) is 0 Å². The Bertz CT molecular complexity index is 516. The highest BCUT2D eigenvalue weighted by Crippen LogP contribution is 2.28. The van der Waals surface area contributed by atoms with Gasteiger partial charge in [-0.3, -0.25) is 0 Å². The Morgan fingerprint density at radius 1 is 1.31 bits per heavy atom. The minimum Gasteiger partial charge on any atom is -0.382 e. The molecule has 0 aliphatic heterocycles. The number of nitrogens with two attached hydrogens (primary N) is 1. The SMILES string of the molecule is Nc1ncccc1Nc1ccc(Br)c(Cl)c1. The standard InChI is InChI=1S/C11H9BrClN3/c12-8-4-3-7(6-9(8)13)16-10-2-1-5-15-11(10)14/h1-6,16H,(H2,14,15). The maximum atomic E-state index is 5.99. The topological polar surface area (TPSA) is 50.9 Å². The molecule has 82 valence electrons. The van der Waals surface area contributed by atoms with Crippen LogP contribution < -0.4 is 11.1 Å². The maximum Gasteiger partial charge on any atom is 0.147 e. The summed E-state index contributed by atoms with van der Waals surface area (Å²) in [6, 6.07) is 9.27. The quantitative estimate of drug-likeness (QED) is 0.886. The zero-order valence-electron chi connectivity index (χ0n) is 8.24. The average Bonchev–Trinajstić information content (AvgIpc) is 2.27. The van der Waals surface area contributed by atoms with Gasteiger partial charge in [-0.2, -0.15) is 0 Å². The summed E-state index contributed by atoms with van der Waals surface area (Å²) in [5, 5.41) is 3.79. The number of anilines is 3. The van der Waals surface area contributed by atoms with Crippen molar-refractivity contribution in [3.63, 3.8) is 0 Å². The smallest absolute Gasteiger partial charge is 0.147 e. The Labute approximate surface area is 107 Å². The van der Waals surface area contributed by atoms with Gasteiger partial charge in [-0.15, -0.1) is 0 Å². The molecule has 0 fully saturated rings. The average molecular weight is 299 g/mol. The first-order chi connectivity index (χ1) is 7.66. The second-order valence-corrected chi connectivity index (χ2v) is 4.45. The van der Waals surface area contributed by atoms with Crippen molar-refractivity contribution >= 4 is 44.7 Å². The van der Waals surface area contributed by atoms with Gasteiger partial charge in [0.1, 0.15) is 5.82 Å². The fraction of sp³-hybridized carbons (Fsp3) is 0. The Morgan fingerprint density at radius 3 is 2.81 bits per heavy atom. The van der Waals surface area contributed by atoms with Gasteiger partial charge < -0.3 is 11.1 Å². The molecule has 1 aromatic heterocycles. The molecule has 3 nitrogen and oxygen atoms in total. The molecule has 3 N–H and O–H groups in total. The molecule has 0 saturated carbocycles. The van der Waals surface area contributed by atoms with Gasteiger partial charge in [0.15, 0.2) is 0 Å². The highest BCUT2D eigenvalue weighted by Gasteiger charge is 2.02. The summed E-state index contributed by atoms with van der Waals surface area (Å²) in [6.45, 7) is 0. The van der Waals surface area contributed by atoms with Gasteiger partial charge in [0, 0.05) is 16.4 Å². The summed E-state index contributed by atoms with van der Waals surface area (Å²) < 4.78 is 0.860. The third-order valence-electron chi connectivity index (χ3n) is 2.04. The van der Waals surface area contributed by atoms with E-state index in [-0.39, 0.29) is 0 Å². The molecular formula is C11H9BrClN3. The van der Waals surface area contributed by atoms with Crippen molar-refractivity contribution in [2.75, 3.05) is 11.1 Å². The molecule has 0 amide bonds. The van der Waals surface area contributed by atoms with E-state index in [4.69, 9.17) is 17.3 Å². The van der Waals surface area contributed by atoms with E-state index >= 15 is 0 Å². The predicted octanol–water partition coefficient (Wildman–Crippen LogP) is 3.82. The van der Waals surface area contributed by atoms with Crippen molar-refractivity contribution in [1.29, 1.82) is 0 Å². The maximum absolute atomic E-state index is 5.99. The van der Waals surface area contributed by atoms with E-state index in [9.17, 15) is 0 Å². The summed E-state index contributed by atoms with van der Waals surface area (Å²) in [4.78, 5) is 3.99. The molecule has 0 saturated heterocycles. The zero-order chi connectivity index (χ0) is 11.5. The van der Waals surface area contributed by atoms with Gasteiger partial charge in [-0.1, -0.05) is 11.6 Å². The van der Waals surface area contributed by atoms with Crippen molar-refractivity contribution < 1.29 is 0 Å². The highest BCUT2D eigenvalue weighted by atomic mass is 79.9. The second kappa shape index (κ2) is 4.72. The van der Waals surface area contributed by atoms with Crippen molar-refractivity contribution in [3.8, 4) is 0 Å². The summed E-state index contributed by atoms with van der Waals surface area (Å²) >= 11 is 9.32. The van der Waals surface area contributed by atoms with Crippen LogP contribution in [0.5, 0.6) is 0 Å². The van der Waals surface area contributed by atoms with Crippen LogP contribution in [-0.4, -0.2) is 4.98 Å². The molecule has 0 spiro atoms. The largest absolute Gasteiger partial charge is 0.382 e. The van der Waals surface area contributed by atoms with Crippen molar-refractivity contribution in [2.45, 2.75) is 0 Å². The fourth-order valence-corrected chi connectivity index (χ4v) is 1.68. The first-order valence-electron chi connectivity index (χ1n) is 4.59. The molecule has 0 radical (unpaired) electrons. The third kappa shape index (κ3) is 2.46. The van der Waals surface area contributed by atoms with E-state index < -0.39 is 0 Å². The number of hydrogen-bond acceptors (Lipinski definition) is 3. The molecule has 2 aromatic rings. The monoisotopic (exact) mass is 297 g/mol. The number of aromatic nitrogens is 1.